The number of nitrogens with zero attached hydrogens (tertiary/aromatic N) is 2. The summed E-state index contributed by atoms with van der Waals surface area (Å²) in [6.07, 6.45) is 7.82. The molecule has 2 aliphatic rings. The first-order chi connectivity index (χ1) is 9.97. The van der Waals surface area contributed by atoms with Crippen molar-refractivity contribution >= 4 is 0 Å². The molecule has 1 saturated carbocycles. The first kappa shape index (κ1) is 17.2. The van der Waals surface area contributed by atoms with E-state index in [1.807, 2.05) is 6.92 Å². The summed E-state index contributed by atoms with van der Waals surface area (Å²) in [5.41, 5.74) is -0.431. The highest BCUT2D eigenvalue weighted by Crippen LogP contribution is 2.29. The molecule has 1 heterocycles. The molecule has 1 atom stereocenters. The van der Waals surface area contributed by atoms with Gasteiger partial charge in [0.25, 0.3) is 0 Å². The third-order valence-electron chi connectivity index (χ3n) is 5.15. The number of β-amino-alcohol motifs (C(OH)–C–C–N with tert-alkyl or cyclic N) is 1. The predicted molar refractivity (Wildman–Crippen MR) is 86.4 cm³/mol. The van der Waals surface area contributed by atoms with Gasteiger partial charge in [0.2, 0.25) is 0 Å². The lowest BCUT2D eigenvalue weighted by Crippen LogP contribution is -2.46. The van der Waals surface area contributed by atoms with Crippen molar-refractivity contribution in [3.63, 3.8) is 0 Å². The second-order valence-electron chi connectivity index (χ2n) is 7.57. The van der Waals surface area contributed by atoms with Crippen LogP contribution in [0, 0.1) is 5.92 Å². The third-order valence-corrected chi connectivity index (χ3v) is 5.15. The molecule has 0 amide bonds. The highest BCUT2D eigenvalue weighted by atomic mass is 16.3. The fourth-order valence-electron chi connectivity index (χ4n) is 4.10. The summed E-state index contributed by atoms with van der Waals surface area (Å²) in [5, 5.41) is 20.1. The largest absolute Gasteiger partial charge is 0.392 e. The van der Waals surface area contributed by atoms with E-state index in [4.69, 9.17) is 0 Å². The lowest BCUT2D eigenvalue weighted by atomic mass is 9.84. The summed E-state index contributed by atoms with van der Waals surface area (Å²) in [7, 11) is 2.16. The molecule has 0 aromatic rings. The van der Waals surface area contributed by atoms with E-state index in [9.17, 15) is 10.2 Å². The Morgan fingerprint density at radius 2 is 1.81 bits per heavy atom. The number of hydrogen-bond acceptors (Lipinski definition) is 4. The van der Waals surface area contributed by atoms with Crippen LogP contribution in [0.25, 0.3) is 0 Å². The molecule has 4 nitrogen and oxygen atoms in total. The number of piperidine rings is 1. The minimum atomic E-state index is -0.431. The van der Waals surface area contributed by atoms with Gasteiger partial charge in [0.15, 0.2) is 0 Å². The topological polar surface area (TPSA) is 46.9 Å². The number of rotatable bonds is 6. The minimum Gasteiger partial charge on any atom is -0.392 e. The normalized spacial score (nSPS) is 26.1. The molecular weight excluding hydrogens is 264 g/mol. The van der Waals surface area contributed by atoms with Crippen LogP contribution in [0.4, 0.5) is 0 Å². The van der Waals surface area contributed by atoms with Crippen molar-refractivity contribution < 1.29 is 10.2 Å². The molecule has 4 heteroatoms. The summed E-state index contributed by atoms with van der Waals surface area (Å²) < 4.78 is 0. The zero-order valence-corrected chi connectivity index (χ0v) is 13.9. The molecule has 0 aromatic heterocycles. The van der Waals surface area contributed by atoms with Crippen molar-refractivity contribution in [1.82, 2.24) is 9.80 Å². The van der Waals surface area contributed by atoms with Crippen LogP contribution in [0.15, 0.2) is 0 Å². The molecule has 1 aliphatic carbocycles. The van der Waals surface area contributed by atoms with Gasteiger partial charge in [0.05, 0.1) is 11.7 Å². The highest BCUT2D eigenvalue weighted by Gasteiger charge is 2.31. The van der Waals surface area contributed by atoms with Gasteiger partial charge >= 0.3 is 0 Å². The average molecular weight is 298 g/mol. The van der Waals surface area contributed by atoms with Gasteiger partial charge in [0.1, 0.15) is 0 Å². The van der Waals surface area contributed by atoms with Crippen LogP contribution in [0.1, 0.15) is 51.9 Å². The van der Waals surface area contributed by atoms with E-state index in [2.05, 4.69) is 16.8 Å². The first-order valence-electron chi connectivity index (χ1n) is 8.78. The Bertz CT molecular complexity index is 295. The molecule has 124 valence electrons. The summed E-state index contributed by atoms with van der Waals surface area (Å²) in [5.74, 6) is 0.743. The van der Waals surface area contributed by atoms with Crippen LogP contribution in [0.3, 0.4) is 0 Å². The SMILES string of the molecule is C[C@H](O)CN1CCC(CN(C)CC2(O)CCCCC2)CC1. The first-order valence-corrected chi connectivity index (χ1v) is 8.78. The molecule has 21 heavy (non-hydrogen) atoms. The molecular formula is C17H34N2O2. The van der Waals surface area contributed by atoms with Crippen LogP contribution >= 0.6 is 0 Å². The summed E-state index contributed by atoms with van der Waals surface area (Å²) in [6.45, 7) is 6.82. The number of likely N-dealkylation sites (N-methyl/N-ethyl adjacent to an activating group) is 1. The van der Waals surface area contributed by atoms with Crippen molar-refractivity contribution in [2.45, 2.75) is 63.6 Å². The molecule has 2 rings (SSSR count). The second kappa shape index (κ2) is 7.91. The Hall–Kier alpha value is -0.160. The van der Waals surface area contributed by atoms with Crippen molar-refractivity contribution in [1.29, 1.82) is 0 Å². The smallest absolute Gasteiger partial charge is 0.0774 e. The van der Waals surface area contributed by atoms with E-state index in [0.29, 0.717) is 0 Å². The van der Waals surface area contributed by atoms with E-state index in [-0.39, 0.29) is 6.10 Å². The van der Waals surface area contributed by atoms with E-state index in [1.165, 1.54) is 32.1 Å². The van der Waals surface area contributed by atoms with Gasteiger partial charge in [-0.05, 0) is 58.7 Å². The lowest BCUT2D eigenvalue weighted by Gasteiger charge is -2.38. The van der Waals surface area contributed by atoms with Crippen LogP contribution in [-0.4, -0.2) is 71.5 Å². The number of hydrogen-bond donors (Lipinski definition) is 2. The molecule has 1 aliphatic heterocycles. The maximum absolute atomic E-state index is 10.6. The molecule has 2 fully saturated rings. The van der Waals surface area contributed by atoms with Crippen molar-refractivity contribution in [3.8, 4) is 0 Å². The maximum atomic E-state index is 10.6. The van der Waals surface area contributed by atoms with Gasteiger partial charge in [0, 0.05) is 19.6 Å². The van der Waals surface area contributed by atoms with Crippen molar-refractivity contribution in [2.75, 3.05) is 39.8 Å². The summed E-state index contributed by atoms with van der Waals surface area (Å²) in [6, 6.07) is 0. The Morgan fingerprint density at radius 3 is 2.38 bits per heavy atom. The Labute approximate surface area is 130 Å². The van der Waals surface area contributed by atoms with Gasteiger partial charge in [-0.1, -0.05) is 19.3 Å². The zero-order chi connectivity index (χ0) is 15.3. The Balaban J connectivity index is 1.68. The fraction of sp³-hybridized carbons (Fsp3) is 1.00. The zero-order valence-electron chi connectivity index (χ0n) is 13.9. The number of likely N-dealkylation sites (tertiary alicyclic amines) is 1. The Kier molecular flexibility index (Phi) is 6.48. The molecule has 1 saturated heterocycles. The summed E-state index contributed by atoms with van der Waals surface area (Å²) >= 11 is 0. The molecule has 2 N–H and O–H groups in total. The molecule has 0 unspecified atom stereocenters. The molecule has 0 spiro atoms. The minimum absolute atomic E-state index is 0.218. The van der Waals surface area contributed by atoms with E-state index in [1.54, 1.807) is 0 Å². The van der Waals surface area contributed by atoms with Crippen LogP contribution in [0.5, 0.6) is 0 Å². The van der Waals surface area contributed by atoms with Crippen molar-refractivity contribution in [2.24, 2.45) is 5.92 Å². The number of aliphatic hydroxyl groups excluding tert-OH is 1. The molecule has 0 radical (unpaired) electrons. The molecule has 0 bridgehead atoms. The van der Waals surface area contributed by atoms with E-state index in [0.717, 1.165) is 51.5 Å². The van der Waals surface area contributed by atoms with Gasteiger partial charge < -0.3 is 20.0 Å². The average Bonchev–Trinajstić information content (AvgIpc) is 2.40. The van der Waals surface area contributed by atoms with Gasteiger partial charge in [-0.15, -0.1) is 0 Å². The van der Waals surface area contributed by atoms with Gasteiger partial charge in [-0.2, -0.15) is 0 Å². The van der Waals surface area contributed by atoms with Crippen molar-refractivity contribution in [3.05, 3.63) is 0 Å². The second-order valence-corrected chi connectivity index (χ2v) is 7.57. The lowest BCUT2D eigenvalue weighted by molar-refractivity contribution is -0.0252. The van der Waals surface area contributed by atoms with E-state index < -0.39 is 5.60 Å². The standard InChI is InChI=1S/C17H34N2O2/c1-15(20)12-19-10-6-16(7-11-19)13-18(2)14-17(21)8-4-3-5-9-17/h15-16,20-21H,3-14H2,1-2H3/t15-/m0/s1. The highest BCUT2D eigenvalue weighted by molar-refractivity contribution is 4.86. The number of aliphatic hydroxyl groups is 2. The van der Waals surface area contributed by atoms with Crippen LogP contribution in [-0.2, 0) is 0 Å². The monoisotopic (exact) mass is 298 g/mol. The van der Waals surface area contributed by atoms with Gasteiger partial charge in [-0.3, -0.25) is 0 Å². The van der Waals surface area contributed by atoms with Gasteiger partial charge in [-0.25, -0.2) is 0 Å². The summed E-state index contributed by atoms with van der Waals surface area (Å²) in [4.78, 5) is 4.72. The van der Waals surface area contributed by atoms with Crippen LogP contribution < -0.4 is 0 Å². The third kappa shape index (κ3) is 5.85. The predicted octanol–water partition coefficient (Wildman–Crippen LogP) is 1.71. The fourth-order valence-corrected chi connectivity index (χ4v) is 4.10. The van der Waals surface area contributed by atoms with E-state index >= 15 is 0 Å². The molecule has 0 aromatic carbocycles. The maximum Gasteiger partial charge on any atom is 0.0774 e. The van der Waals surface area contributed by atoms with Crippen LogP contribution in [0.2, 0.25) is 0 Å². The quantitative estimate of drug-likeness (QED) is 0.784. The Morgan fingerprint density at radius 1 is 1.19 bits per heavy atom.